The lowest BCUT2D eigenvalue weighted by atomic mass is 9.78. The molecule has 0 radical (unpaired) electrons. The largest absolute Gasteiger partial charge is 0.458 e. The van der Waals surface area contributed by atoms with Crippen LogP contribution in [0, 0.1) is 17.8 Å². The summed E-state index contributed by atoms with van der Waals surface area (Å²) in [5.74, 6) is -3.18. The van der Waals surface area contributed by atoms with Crippen molar-refractivity contribution in [2.24, 2.45) is 17.8 Å². The number of hydrogen-bond acceptors (Lipinski definition) is 14. The van der Waals surface area contributed by atoms with Crippen molar-refractivity contribution >= 4 is 17.8 Å². The SMILES string of the molecule is C.C.C.C.CC[C@H]1OC(=O)[C@H](C)C(=O)[C@@H](C)[C@@H](O[C@@H]2OC(C)CC(N(C)C)C2O)[C@](C)(OC)C[C@@H](C)CN[C@H](C)[C@H]2N(CCCn3cc(-c4ccccn4)nn3)C(=O)O[C@]12C. The maximum Gasteiger partial charge on any atom is 0.410 e. The summed E-state index contributed by atoms with van der Waals surface area (Å²) in [7, 11) is 5.39. The van der Waals surface area contributed by atoms with Crippen LogP contribution in [0.5, 0.6) is 0 Å². The van der Waals surface area contributed by atoms with Crippen LogP contribution in [0.15, 0.2) is 30.6 Å². The molecule has 1 amide bonds. The lowest BCUT2D eigenvalue weighted by Gasteiger charge is -2.46. The minimum absolute atomic E-state index is 0. The molecule has 3 aliphatic heterocycles. The van der Waals surface area contributed by atoms with Crippen molar-refractivity contribution in [1.29, 1.82) is 0 Å². The second-order valence-corrected chi connectivity index (χ2v) is 17.0. The van der Waals surface area contributed by atoms with E-state index in [-0.39, 0.29) is 53.8 Å². The van der Waals surface area contributed by atoms with Crippen LogP contribution in [-0.2, 0) is 39.8 Å². The highest BCUT2D eigenvalue weighted by Gasteiger charge is 2.58. The normalized spacial score (nSPS) is 34.9. The molecule has 3 unspecified atom stereocenters. The number of aromatic nitrogens is 4. The van der Waals surface area contributed by atoms with Crippen molar-refractivity contribution in [3.05, 3.63) is 30.6 Å². The van der Waals surface area contributed by atoms with Gasteiger partial charge in [-0.15, -0.1) is 5.10 Å². The molecule has 13 atom stereocenters. The van der Waals surface area contributed by atoms with Crippen LogP contribution in [0.4, 0.5) is 4.79 Å². The first kappa shape index (κ1) is 55.5. The second-order valence-electron chi connectivity index (χ2n) is 17.0. The summed E-state index contributed by atoms with van der Waals surface area (Å²) in [6, 6.07) is 4.53. The van der Waals surface area contributed by atoms with E-state index in [2.05, 4.69) is 27.5 Å². The van der Waals surface area contributed by atoms with E-state index >= 15 is 0 Å². The number of nitrogens with zero attached hydrogens (tertiary/aromatic N) is 6. The molecule has 0 aromatic carbocycles. The number of ether oxygens (including phenoxy) is 5. The van der Waals surface area contributed by atoms with Crippen LogP contribution in [0.2, 0.25) is 0 Å². The van der Waals surface area contributed by atoms with Crippen LogP contribution in [0.1, 0.15) is 111 Å². The molecule has 3 saturated heterocycles. The third kappa shape index (κ3) is 12.1. The Labute approximate surface area is 366 Å². The van der Waals surface area contributed by atoms with E-state index in [4.69, 9.17) is 23.7 Å². The van der Waals surface area contributed by atoms with Gasteiger partial charge in [-0.05, 0) is 99.0 Å². The van der Waals surface area contributed by atoms with E-state index < -0.39 is 71.5 Å². The highest BCUT2D eigenvalue weighted by atomic mass is 16.7. The molecule has 2 N–H and O–H groups in total. The zero-order valence-corrected chi connectivity index (χ0v) is 35.6. The molecule has 5 heterocycles. The van der Waals surface area contributed by atoms with Gasteiger partial charge in [0.2, 0.25) is 0 Å². The van der Waals surface area contributed by atoms with Crippen LogP contribution in [0.3, 0.4) is 0 Å². The Kier molecular flexibility index (Phi) is 21.1. The first-order chi connectivity index (χ1) is 26.9. The number of fused-ring (bicyclic) bond motifs is 1. The highest BCUT2D eigenvalue weighted by Crippen LogP contribution is 2.40. The molecule has 3 fully saturated rings. The number of pyridine rings is 1. The van der Waals surface area contributed by atoms with Gasteiger partial charge in [0.05, 0.1) is 35.7 Å². The number of carbonyl (C=O) groups excluding carboxylic acids is 3. The monoisotopic (exact) mass is 864 g/mol. The van der Waals surface area contributed by atoms with Gasteiger partial charge in [0, 0.05) is 44.4 Å². The summed E-state index contributed by atoms with van der Waals surface area (Å²) in [6.45, 7) is 16.2. The number of cyclic esters (lactones) is 1. The predicted octanol–water partition coefficient (Wildman–Crippen LogP) is 6.25. The average Bonchev–Trinajstić information content (AvgIpc) is 3.76. The number of hydrogen-bond donors (Lipinski definition) is 2. The molecule has 0 spiro atoms. The van der Waals surface area contributed by atoms with Gasteiger partial charge in [-0.3, -0.25) is 24.2 Å². The molecule has 2 aromatic heterocycles. The fourth-order valence-corrected chi connectivity index (χ4v) is 9.10. The van der Waals surface area contributed by atoms with Crippen LogP contribution < -0.4 is 5.32 Å². The number of ketones is 1. The Morgan fingerprint density at radius 2 is 1.70 bits per heavy atom. The number of methoxy groups -OCH3 is 1. The summed E-state index contributed by atoms with van der Waals surface area (Å²) >= 11 is 0. The molecule has 0 bridgehead atoms. The van der Waals surface area contributed by atoms with Gasteiger partial charge in [0.25, 0.3) is 0 Å². The number of esters is 1. The maximum absolute atomic E-state index is 14.4. The molecule has 350 valence electrons. The number of Topliss-reactive ketones (excluding diaryl/α,β-unsaturated/α-hetero) is 1. The molecule has 61 heavy (non-hydrogen) atoms. The Morgan fingerprint density at radius 3 is 2.31 bits per heavy atom. The third-order valence-electron chi connectivity index (χ3n) is 12.3. The fraction of sp³-hybridized carbons (Fsp3) is 0.778. The quantitative estimate of drug-likeness (QED) is 0.202. The summed E-state index contributed by atoms with van der Waals surface area (Å²) in [6.07, 6.45) is 0.990. The number of likely N-dealkylation sites (N-methyl/N-ethyl adjacent to an activating group) is 1. The van der Waals surface area contributed by atoms with E-state index in [1.165, 1.54) is 6.92 Å². The predicted molar refractivity (Wildman–Crippen MR) is 238 cm³/mol. The summed E-state index contributed by atoms with van der Waals surface area (Å²) in [5, 5.41) is 23.6. The van der Waals surface area contributed by atoms with Crippen LogP contribution in [0.25, 0.3) is 11.4 Å². The summed E-state index contributed by atoms with van der Waals surface area (Å²) < 4.78 is 33.2. The number of aliphatic hydroxyl groups excluding tert-OH is 1. The molecule has 16 heteroatoms. The number of aliphatic hydroxyl groups is 1. The molecular formula is C45H81N7O9. The Morgan fingerprint density at radius 1 is 1.02 bits per heavy atom. The molecule has 0 aliphatic carbocycles. The third-order valence-corrected chi connectivity index (χ3v) is 12.3. The van der Waals surface area contributed by atoms with Gasteiger partial charge < -0.3 is 39.0 Å². The Hall–Kier alpha value is -3.54. The number of amides is 1. The lowest BCUT2D eigenvalue weighted by molar-refractivity contribution is -0.295. The molecular weight excluding hydrogens is 783 g/mol. The van der Waals surface area contributed by atoms with Crippen molar-refractivity contribution in [3.63, 3.8) is 0 Å². The molecule has 5 rings (SSSR count). The van der Waals surface area contributed by atoms with Crippen molar-refractivity contribution in [1.82, 2.24) is 35.1 Å². The molecule has 16 nitrogen and oxygen atoms in total. The van der Waals surface area contributed by atoms with Gasteiger partial charge in [-0.1, -0.05) is 61.8 Å². The van der Waals surface area contributed by atoms with E-state index in [1.807, 2.05) is 78.0 Å². The first-order valence-corrected chi connectivity index (χ1v) is 20.4. The highest BCUT2D eigenvalue weighted by molar-refractivity contribution is 6.00. The topological polar surface area (TPSA) is 180 Å². The van der Waals surface area contributed by atoms with Crippen molar-refractivity contribution < 1.29 is 43.2 Å². The number of aryl methyl sites for hydroxylation is 1. The van der Waals surface area contributed by atoms with E-state index in [0.717, 1.165) is 5.69 Å². The minimum Gasteiger partial charge on any atom is -0.458 e. The minimum atomic E-state index is -1.24. The number of rotatable bonds is 10. The van der Waals surface area contributed by atoms with E-state index in [9.17, 15) is 19.5 Å². The smallest absolute Gasteiger partial charge is 0.410 e. The zero-order valence-electron chi connectivity index (χ0n) is 35.6. The van der Waals surface area contributed by atoms with Crippen LogP contribution in [-0.4, -0.2) is 147 Å². The lowest BCUT2D eigenvalue weighted by Crippen LogP contribution is -2.61. The average molecular weight is 864 g/mol. The van der Waals surface area contributed by atoms with Gasteiger partial charge in [-0.2, -0.15) is 0 Å². The molecule has 2 aromatic rings. The van der Waals surface area contributed by atoms with Gasteiger partial charge in [0.15, 0.2) is 17.7 Å². The van der Waals surface area contributed by atoms with Crippen LogP contribution >= 0.6 is 0 Å². The standard InChI is InChI=1S/C41H65N7O9.4CH4/c1-12-32-41(8)35(48(39(52)57-41)19-15-18-47-23-30(44-45-47)29-16-13-14-17-42-29)28(6)43-22-24(2)21-40(7,53-11)36(26(4)33(49)27(5)37(51)55-32)56-38-34(50)31(46(9)10)20-25(3)54-38;;;;/h13-14,16-17,23-28,31-32,34-36,38,43,50H,12,15,18-22H2,1-11H3;4*1H4/t24-,25?,26-,27-,28-,31?,32-,34?,35-,36-,38+,40-,41-;;;;/m1..../s1. The number of nitrogens with one attached hydrogen (secondary N) is 1. The molecule has 0 saturated carbocycles. The number of carbonyl (C=O) groups is 3. The van der Waals surface area contributed by atoms with E-state index in [0.29, 0.717) is 51.0 Å². The van der Waals surface area contributed by atoms with Gasteiger partial charge in [-0.25, -0.2) is 4.79 Å². The fourth-order valence-electron chi connectivity index (χ4n) is 9.10. The maximum atomic E-state index is 14.4. The van der Waals surface area contributed by atoms with Crippen molar-refractivity contribution in [2.45, 2.75) is 177 Å². The van der Waals surface area contributed by atoms with Crippen molar-refractivity contribution in [2.75, 3.05) is 34.3 Å². The Bertz CT molecular complexity index is 1670. The Balaban J connectivity index is 0.00000465. The van der Waals surface area contributed by atoms with Gasteiger partial charge in [0.1, 0.15) is 23.8 Å². The summed E-state index contributed by atoms with van der Waals surface area (Å²) in [5.41, 5.74) is -0.915. The molecule has 3 aliphatic rings. The summed E-state index contributed by atoms with van der Waals surface area (Å²) in [4.78, 5) is 50.2. The first-order valence-electron chi connectivity index (χ1n) is 20.4. The van der Waals surface area contributed by atoms with Crippen molar-refractivity contribution in [3.8, 4) is 11.4 Å². The van der Waals surface area contributed by atoms with E-state index in [1.54, 1.807) is 29.8 Å². The second kappa shape index (κ2) is 23.2. The zero-order chi connectivity index (χ0) is 41.8. The van der Waals surface area contributed by atoms with Gasteiger partial charge >= 0.3 is 12.1 Å².